The lowest BCUT2D eigenvalue weighted by Crippen LogP contribution is -2.16. The number of benzene rings is 1. The number of pyridine rings is 1. The maximum Gasteiger partial charge on any atom is 0.416 e. The van der Waals surface area contributed by atoms with Gasteiger partial charge in [-0.05, 0) is 30.3 Å². The lowest BCUT2D eigenvalue weighted by atomic mass is 10.2. The zero-order chi connectivity index (χ0) is 13.2. The molecule has 2 aromatic rings. The van der Waals surface area contributed by atoms with E-state index in [0.717, 1.165) is 16.9 Å². The number of rotatable bonds is 1. The van der Waals surface area contributed by atoms with Crippen LogP contribution in [-0.2, 0) is 6.18 Å². The number of aromatic nitrogens is 1. The summed E-state index contributed by atoms with van der Waals surface area (Å²) in [7, 11) is 0. The highest BCUT2D eigenvalue weighted by atomic mass is 19.4. The van der Waals surface area contributed by atoms with Crippen molar-refractivity contribution in [3.05, 3.63) is 59.7 Å². The summed E-state index contributed by atoms with van der Waals surface area (Å²) in [4.78, 5) is 3.93. The molecular weight excluding hydrogens is 245 g/mol. The van der Waals surface area contributed by atoms with Crippen LogP contribution in [0.1, 0.15) is 5.56 Å². The van der Waals surface area contributed by atoms with Crippen LogP contribution in [-0.4, -0.2) is 9.94 Å². The third-order valence-electron chi connectivity index (χ3n) is 2.24. The van der Waals surface area contributed by atoms with Crippen LogP contribution in [0.4, 0.5) is 18.9 Å². The highest BCUT2D eigenvalue weighted by Gasteiger charge is 2.30. The maximum atomic E-state index is 12.5. The van der Waals surface area contributed by atoms with E-state index in [1.165, 1.54) is 24.4 Å². The lowest BCUT2D eigenvalue weighted by molar-refractivity contribution is -0.137. The van der Waals surface area contributed by atoms with Crippen molar-refractivity contribution in [3.63, 3.8) is 0 Å². The molecular formula is C12H9F3N2O. The van der Waals surface area contributed by atoms with Gasteiger partial charge in [-0.3, -0.25) is 0 Å². The van der Waals surface area contributed by atoms with Gasteiger partial charge in [0.25, 0.3) is 0 Å². The summed E-state index contributed by atoms with van der Waals surface area (Å²) < 4.78 is 38.2. The Hall–Kier alpha value is -2.24. The van der Waals surface area contributed by atoms with E-state index in [2.05, 4.69) is 4.99 Å². The molecule has 0 saturated carbocycles. The summed E-state index contributed by atoms with van der Waals surface area (Å²) in [5.41, 5.74) is -0.500. The molecule has 6 heteroatoms. The molecule has 2 rings (SSSR count). The van der Waals surface area contributed by atoms with Crippen LogP contribution in [0.15, 0.2) is 53.7 Å². The van der Waals surface area contributed by atoms with Gasteiger partial charge in [0, 0.05) is 6.20 Å². The fourth-order valence-electron chi connectivity index (χ4n) is 1.40. The molecule has 1 N–H and O–H groups in total. The number of halogens is 3. The molecule has 0 aliphatic rings. The molecule has 0 aliphatic heterocycles. The summed E-state index contributed by atoms with van der Waals surface area (Å²) in [6.07, 6.45) is -3.07. The highest BCUT2D eigenvalue weighted by molar-refractivity contribution is 5.41. The van der Waals surface area contributed by atoms with Gasteiger partial charge in [-0.2, -0.15) is 17.9 Å². The molecule has 3 nitrogen and oxygen atoms in total. The van der Waals surface area contributed by atoms with Crippen LogP contribution in [0.5, 0.6) is 0 Å². The molecule has 0 amide bonds. The molecule has 1 aromatic carbocycles. The first-order valence-corrected chi connectivity index (χ1v) is 5.06. The smallest absolute Gasteiger partial charge is 0.416 e. The van der Waals surface area contributed by atoms with Gasteiger partial charge in [-0.15, -0.1) is 0 Å². The van der Waals surface area contributed by atoms with Crippen molar-refractivity contribution in [1.29, 1.82) is 0 Å². The van der Waals surface area contributed by atoms with Crippen molar-refractivity contribution in [1.82, 2.24) is 4.73 Å². The van der Waals surface area contributed by atoms with Gasteiger partial charge in [-0.1, -0.05) is 12.1 Å². The molecule has 0 bridgehead atoms. The Balaban J connectivity index is 2.48. The van der Waals surface area contributed by atoms with E-state index in [9.17, 15) is 18.4 Å². The summed E-state index contributed by atoms with van der Waals surface area (Å²) >= 11 is 0. The molecule has 1 heterocycles. The van der Waals surface area contributed by atoms with Gasteiger partial charge < -0.3 is 5.21 Å². The topological polar surface area (TPSA) is 37.5 Å². The van der Waals surface area contributed by atoms with Crippen molar-refractivity contribution in [2.75, 3.05) is 0 Å². The van der Waals surface area contributed by atoms with Crippen molar-refractivity contribution in [3.8, 4) is 0 Å². The van der Waals surface area contributed by atoms with Gasteiger partial charge in [-0.25, -0.2) is 4.99 Å². The standard InChI is InChI=1S/C12H9F3N2O/c13-12(14,15)9-4-3-5-10(8-9)16-11-6-1-2-7-17(11)18/h1-8,18H. The minimum atomic E-state index is -4.41. The summed E-state index contributed by atoms with van der Waals surface area (Å²) in [6.45, 7) is 0. The zero-order valence-electron chi connectivity index (χ0n) is 9.09. The molecule has 0 atom stereocenters. The van der Waals surface area contributed by atoms with Crippen molar-refractivity contribution in [2.24, 2.45) is 4.99 Å². The zero-order valence-corrected chi connectivity index (χ0v) is 9.09. The fourth-order valence-corrected chi connectivity index (χ4v) is 1.40. The summed E-state index contributed by atoms with van der Waals surface area (Å²) in [6, 6.07) is 9.28. The molecule has 0 unspecified atom stereocenters. The lowest BCUT2D eigenvalue weighted by Gasteiger charge is -2.06. The van der Waals surface area contributed by atoms with E-state index < -0.39 is 11.7 Å². The summed E-state index contributed by atoms with van der Waals surface area (Å²) in [5.74, 6) is 0. The normalized spacial score (nSPS) is 12.7. The molecule has 18 heavy (non-hydrogen) atoms. The molecule has 0 saturated heterocycles. The first-order valence-electron chi connectivity index (χ1n) is 5.06. The van der Waals surface area contributed by atoms with Gasteiger partial charge in [0.15, 0.2) is 5.49 Å². The third-order valence-corrected chi connectivity index (χ3v) is 2.24. The number of hydrogen-bond donors (Lipinski definition) is 1. The first-order chi connectivity index (χ1) is 8.47. The van der Waals surface area contributed by atoms with Gasteiger partial charge in [0.05, 0.1) is 11.3 Å². The fraction of sp³-hybridized carbons (Fsp3) is 0.0833. The molecule has 0 aliphatic carbocycles. The molecule has 0 spiro atoms. The van der Waals surface area contributed by atoms with E-state index in [-0.39, 0.29) is 11.2 Å². The molecule has 0 fully saturated rings. The Labute approximate surface area is 100 Å². The third kappa shape index (κ3) is 2.71. The predicted octanol–water partition coefficient (Wildman–Crippen LogP) is 2.98. The Bertz CT molecular complexity index is 617. The second-order valence-corrected chi connectivity index (χ2v) is 3.56. The van der Waals surface area contributed by atoms with Crippen molar-refractivity contribution >= 4 is 5.69 Å². The van der Waals surface area contributed by atoms with E-state index >= 15 is 0 Å². The van der Waals surface area contributed by atoms with E-state index in [0.29, 0.717) is 0 Å². The van der Waals surface area contributed by atoms with E-state index in [1.807, 2.05) is 0 Å². The van der Waals surface area contributed by atoms with Gasteiger partial charge in [0.1, 0.15) is 0 Å². The Kier molecular flexibility index (Phi) is 3.10. The monoisotopic (exact) mass is 254 g/mol. The molecule has 1 aromatic heterocycles. The number of nitrogens with zero attached hydrogens (tertiary/aromatic N) is 2. The van der Waals surface area contributed by atoms with Gasteiger partial charge >= 0.3 is 6.18 Å². The van der Waals surface area contributed by atoms with Crippen LogP contribution >= 0.6 is 0 Å². The van der Waals surface area contributed by atoms with Crippen LogP contribution in [0.2, 0.25) is 0 Å². The Morgan fingerprint density at radius 2 is 1.83 bits per heavy atom. The van der Waals surface area contributed by atoms with Crippen LogP contribution in [0, 0.1) is 0 Å². The van der Waals surface area contributed by atoms with Crippen LogP contribution < -0.4 is 5.49 Å². The van der Waals surface area contributed by atoms with Crippen LogP contribution in [0.25, 0.3) is 0 Å². The minimum Gasteiger partial charge on any atom is -0.427 e. The SMILES string of the molecule is On1ccccc1=Nc1cccc(C(F)(F)F)c1. The maximum absolute atomic E-state index is 12.5. The Morgan fingerprint density at radius 3 is 2.50 bits per heavy atom. The predicted molar refractivity (Wildman–Crippen MR) is 58.3 cm³/mol. The summed E-state index contributed by atoms with van der Waals surface area (Å²) in [5, 5.41) is 9.40. The number of alkyl halides is 3. The van der Waals surface area contributed by atoms with Crippen LogP contribution in [0.3, 0.4) is 0 Å². The minimum absolute atomic E-state index is 0.124. The quantitative estimate of drug-likeness (QED) is 0.780. The van der Waals surface area contributed by atoms with Gasteiger partial charge in [0.2, 0.25) is 0 Å². The number of hydrogen-bond acceptors (Lipinski definition) is 2. The second-order valence-electron chi connectivity index (χ2n) is 3.56. The first kappa shape index (κ1) is 12.2. The van der Waals surface area contributed by atoms with E-state index in [4.69, 9.17) is 0 Å². The second kappa shape index (κ2) is 4.56. The highest BCUT2D eigenvalue weighted by Crippen LogP contribution is 2.31. The average Bonchev–Trinajstić information content (AvgIpc) is 2.31. The average molecular weight is 254 g/mol. The van der Waals surface area contributed by atoms with E-state index in [1.54, 1.807) is 12.1 Å². The molecule has 94 valence electrons. The molecule has 0 radical (unpaired) electrons. The largest absolute Gasteiger partial charge is 0.427 e. The van der Waals surface area contributed by atoms with Crippen molar-refractivity contribution in [2.45, 2.75) is 6.18 Å². The Morgan fingerprint density at radius 1 is 1.06 bits per heavy atom. The van der Waals surface area contributed by atoms with Crippen molar-refractivity contribution < 1.29 is 18.4 Å².